The fourth-order valence-corrected chi connectivity index (χ4v) is 6.21. The minimum absolute atomic E-state index is 0.0291. The predicted octanol–water partition coefficient (Wildman–Crippen LogP) is 5.57. The molecule has 9 heteroatoms. The Morgan fingerprint density at radius 3 is 2.17 bits per heavy atom. The molecule has 222 valence electrons. The minimum Gasteiger partial charge on any atom is -0.347 e. The first kappa shape index (κ1) is 29.4. The Balaban J connectivity index is 1.18. The second-order valence-electron chi connectivity index (χ2n) is 12.8. The second-order valence-corrected chi connectivity index (χ2v) is 12.8. The quantitative estimate of drug-likeness (QED) is 0.345. The minimum atomic E-state index is -0.329. The van der Waals surface area contributed by atoms with Crippen LogP contribution in [0.1, 0.15) is 70.2 Å². The number of piperidine rings is 1. The van der Waals surface area contributed by atoms with Crippen molar-refractivity contribution < 1.29 is 14.4 Å². The van der Waals surface area contributed by atoms with Crippen LogP contribution in [-0.4, -0.2) is 51.2 Å². The lowest BCUT2D eigenvalue weighted by Crippen LogP contribution is -2.50. The molecule has 0 spiro atoms. The van der Waals surface area contributed by atoms with E-state index in [1.807, 2.05) is 54.3 Å². The van der Waals surface area contributed by atoms with Crippen LogP contribution in [0.5, 0.6) is 0 Å². The molecule has 2 atom stereocenters. The van der Waals surface area contributed by atoms with Crippen LogP contribution in [0.4, 0.5) is 16.3 Å². The van der Waals surface area contributed by atoms with Crippen LogP contribution in [-0.2, 0) is 21.4 Å². The van der Waals surface area contributed by atoms with E-state index in [1.165, 1.54) is 12.5 Å². The van der Waals surface area contributed by atoms with Gasteiger partial charge in [0.1, 0.15) is 5.82 Å². The lowest BCUT2D eigenvalue weighted by molar-refractivity contribution is -0.137. The summed E-state index contributed by atoms with van der Waals surface area (Å²) in [5.74, 6) is 0.967. The number of carbonyl (C=O) groups excluding carboxylic acids is 3. The lowest BCUT2D eigenvalue weighted by atomic mass is 9.85. The van der Waals surface area contributed by atoms with Gasteiger partial charge in [-0.05, 0) is 74.8 Å². The van der Waals surface area contributed by atoms with Crippen molar-refractivity contribution in [3.8, 4) is 5.69 Å². The van der Waals surface area contributed by atoms with Crippen molar-refractivity contribution in [2.24, 2.45) is 5.92 Å². The van der Waals surface area contributed by atoms with Gasteiger partial charge in [-0.25, -0.2) is 9.48 Å². The zero-order chi connectivity index (χ0) is 30.0. The molecule has 5 rings (SSSR count). The molecule has 3 N–H and O–H groups in total. The largest absolute Gasteiger partial charge is 0.347 e. The van der Waals surface area contributed by atoms with E-state index >= 15 is 0 Å². The predicted molar refractivity (Wildman–Crippen MR) is 165 cm³/mol. The van der Waals surface area contributed by atoms with Crippen LogP contribution < -0.4 is 16.0 Å². The van der Waals surface area contributed by atoms with Crippen molar-refractivity contribution in [1.82, 2.24) is 20.0 Å². The molecule has 0 saturated carbocycles. The number of nitrogens with one attached hydrogen (secondary N) is 3. The number of rotatable bonds is 7. The van der Waals surface area contributed by atoms with E-state index in [-0.39, 0.29) is 41.9 Å². The normalized spacial score (nSPS) is 19.8. The van der Waals surface area contributed by atoms with Crippen molar-refractivity contribution in [2.75, 3.05) is 17.2 Å². The third-order valence-corrected chi connectivity index (χ3v) is 8.34. The summed E-state index contributed by atoms with van der Waals surface area (Å²) in [4.78, 5) is 38.9. The molecule has 2 unspecified atom stereocenters. The van der Waals surface area contributed by atoms with Crippen molar-refractivity contribution in [3.63, 3.8) is 0 Å². The van der Waals surface area contributed by atoms with Crippen molar-refractivity contribution >= 4 is 29.4 Å². The Labute approximate surface area is 248 Å². The molecule has 2 aliphatic heterocycles. The molecule has 2 bridgehead atoms. The zero-order valence-electron chi connectivity index (χ0n) is 25.2. The summed E-state index contributed by atoms with van der Waals surface area (Å²) < 4.78 is 1.77. The van der Waals surface area contributed by atoms with Gasteiger partial charge in [0, 0.05) is 36.2 Å². The van der Waals surface area contributed by atoms with E-state index in [1.54, 1.807) is 4.68 Å². The van der Waals surface area contributed by atoms with Crippen LogP contribution >= 0.6 is 0 Å². The van der Waals surface area contributed by atoms with E-state index in [2.05, 4.69) is 48.9 Å². The van der Waals surface area contributed by atoms with Gasteiger partial charge in [0.2, 0.25) is 11.8 Å². The number of hydrogen-bond acceptors (Lipinski definition) is 4. The van der Waals surface area contributed by atoms with Crippen LogP contribution in [0, 0.1) is 12.8 Å². The monoisotopic (exact) mass is 570 g/mol. The Morgan fingerprint density at radius 1 is 0.929 bits per heavy atom. The molecule has 9 nitrogen and oxygen atoms in total. The SMILES string of the molecule is CC(=O)NCC(=O)N1C2CCC1CC(Cc1ccc(NC(=O)Nc3cc(C(C)(C)C)nn3-c3ccc(C)cc3)cc1)C2. The van der Waals surface area contributed by atoms with Crippen LogP contribution in [0.25, 0.3) is 5.69 Å². The maximum Gasteiger partial charge on any atom is 0.324 e. The van der Waals surface area contributed by atoms with Gasteiger partial charge in [-0.15, -0.1) is 0 Å². The first-order chi connectivity index (χ1) is 20.0. The van der Waals surface area contributed by atoms with E-state index in [0.29, 0.717) is 17.4 Å². The molecule has 2 fully saturated rings. The number of urea groups is 1. The average molecular weight is 571 g/mol. The molecular formula is C33H42N6O3. The van der Waals surface area contributed by atoms with Crippen molar-refractivity contribution in [2.45, 2.75) is 84.2 Å². The Kier molecular flexibility index (Phi) is 8.38. The van der Waals surface area contributed by atoms with Gasteiger partial charge in [-0.2, -0.15) is 5.10 Å². The molecule has 2 aliphatic rings. The van der Waals surface area contributed by atoms with Gasteiger partial charge in [0.25, 0.3) is 0 Å². The molecule has 2 saturated heterocycles. The Hall–Kier alpha value is -4.14. The molecule has 0 radical (unpaired) electrons. The summed E-state index contributed by atoms with van der Waals surface area (Å²) in [5.41, 5.74) is 4.69. The number of benzene rings is 2. The number of fused-ring (bicyclic) bond motifs is 2. The standard InChI is InChI=1S/C33H42N6O3/c1-21-6-12-26(13-7-21)39-30(19-29(37-39)33(3,4)5)36-32(42)35-25-10-8-23(9-11-25)16-24-17-27-14-15-28(18-24)38(27)31(41)20-34-22(2)40/h6-13,19,24,27-28H,14-18,20H2,1-5H3,(H,34,40)(H2,35,36,42). The molecule has 2 aromatic carbocycles. The number of anilines is 2. The summed E-state index contributed by atoms with van der Waals surface area (Å²) in [5, 5.41) is 13.4. The molecule has 0 aliphatic carbocycles. The van der Waals surface area contributed by atoms with Gasteiger partial charge >= 0.3 is 6.03 Å². The highest BCUT2D eigenvalue weighted by atomic mass is 16.2. The van der Waals surface area contributed by atoms with Crippen LogP contribution in [0.15, 0.2) is 54.6 Å². The van der Waals surface area contributed by atoms with Crippen LogP contribution in [0.3, 0.4) is 0 Å². The average Bonchev–Trinajstić information content (AvgIpc) is 3.47. The van der Waals surface area contributed by atoms with Gasteiger partial charge in [-0.1, -0.05) is 50.6 Å². The van der Waals surface area contributed by atoms with Gasteiger partial charge < -0.3 is 15.5 Å². The Morgan fingerprint density at radius 2 is 1.57 bits per heavy atom. The van der Waals surface area contributed by atoms with E-state index in [0.717, 1.165) is 49.0 Å². The summed E-state index contributed by atoms with van der Waals surface area (Å²) in [7, 11) is 0. The fourth-order valence-electron chi connectivity index (χ4n) is 6.21. The Bertz CT molecular complexity index is 1420. The molecular weight excluding hydrogens is 528 g/mol. The number of nitrogens with zero attached hydrogens (tertiary/aromatic N) is 3. The summed E-state index contributed by atoms with van der Waals surface area (Å²) in [6.45, 7) is 9.86. The van der Waals surface area contributed by atoms with E-state index in [4.69, 9.17) is 5.10 Å². The fraction of sp³-hybridized carbons (Fsp3) is 0.455. The lowest BCUT2D eigenvalue weighted by Gasteiger charge is -2.39. The van der Waals surface area contributed by atoms with E-state index < -0.39 is 0 Å². The number of amides is 4. The second kappa shape index (κ2) is 12.0. The third kappa shape index (κ3) is 6.83. The number of aromatic nitrogens is 2. The van der Waals surface area contributed by atoms with Gasteiger partial charge in [-0.3, -0.25) is 14.9 Å². The number of aryl methyl sites for hydroxylation is 1. The number of carbonyl (C=O) groups is 3. The maximum absolute atomic E-state index is 13.0. The third-order valence-electron chi connectivity index (χ3n) is 8.34. The van der Waals surface area contributed by atoms with Crippen molar-refractivity contribution in [1.29, 1.82) is 0 Å². The first-order valence-corrected chi connectivity index (χ1v) is 14.9. The molecule has 1 aromatic heterocycles. The summed E-state index contributed by atoms with van der Waals surface area (Å²) in [6.07, 6.45) is 4.97. The number of hydrogen-bond donors (Lipinski definition) is 3. The highest BCUT2D eigenvalue weighted by Crippen LogP contribution is 2.40. The molecule has 3 heterocycles. The van der Waals surface area contributed by atoms with Crippen molar-refractivity contribution in [3.05, 3.63) is 71.4 Å². The maximum atomic E-state index is 13.0. The van der Waals surface area contributed by atoms with E-state index in [9.17, 15) is 14.4 Å². The smallest absolute Gasteiger partial charge is 0.324 e. The first-order valence-electron chi connectivity index (χ1n) is 14.9. The topological polar surface area (TPSA) is 108 Å². The van der Waals surface area contributed by atoms with Crippen LogP contribution in [0.2, 0.25) is 0 Å². The van der Waals surface area contributed by atoms with Gasteiger partial charge in [0.15, 0.2) is 0 Å². The highest BCUT2D eigenvalue weighted by molar-refractivity contribution is 5.99. The molecule has 4 amide bonds. The molecule has 42 heavy (non-hydrogen) atoms. The zero-order valence-corrected chi connectivity index (χ0v) is 25.2. The van der Waals surface area contributed by atoms with Gasteiger partial charge in [0.05, 0.1) is 17.9 Å². The highest BCUT2D eigenvalue weighted by Gasteiger charge is 2.42. The molecule has 3 aromatic rings. The summed E-state index contributed by atoms with van der Waals surface area (Å²) in [6, 6.07) is 18.2. The summed E-state index contributed by atoms with van der Waals surface area (Å²) >= 11 is 0.